The first kappa shape index (κ1) is 43.3. The molecule has 64 heavy (non-hydrogen) atoms. The van der Waals surface area contributed by atoms with Gasteiger partial charge >= 0.3 is 0 Å². The van der Waals surface area contributed by atoms with Gasteiger partial charge in [0.25, 0.3) is 0 Å². The Bertz CT molecular complexity index is 3280. The zero-order chi connectivity index (χ0) is 44.9. The second-order valence-electron chi connectivity index (χ2n) is 18.3. The molecule has 0 aliphatic rings. The normalized spacial score (nSPS) is 12.2. The van der Waals surface area contributed by atoms with Gasteiger partial charge in [0, 0.05) is 44.1 Å². The molecule has 7 heteroatoms. The van der Waals surface area contributed by atoms with Crippen molar-refractivity contribution >= 4 is 57.3 Å². The first-order valence-corrected chi connectivity index (χ1v) is 25.5. The van der Waals surface area contributed by atoms with E-state index >= 15 is 0 Å². The molecule has 10 rings (SSSR count). The van der Waals surface area contributed by atoms with Crippen LogP contribution >= 0.6 is 0 Å². The molecule has 1 radical (unpaired) electrons. The summed E-state index contributed by atoms with van der Waals surface area (Å²) in [6.07, 6.45) is 1.98. The van der Waals surface area contributed by atoms with E-state index in [2.05, 4.69) is 154 Å². The largest absolute Gasteiger partial charge is 0.501 e. The molecule has 0 amide bonds. The molecule has 323 valence electrons. The fourth-order valence-electron chi connectivity index (χ4n) is 8.62. The number of rotatable bonds is 8. The summed E-state index contributed by atoms with van der Waals surface area (Å²) in [5.74, 6) is 0.678. The van der Waals surface area contributed by atoms with Crippen LogP contribution in [-0.4, -0.2) is 27.6 Å². The maximum absolute atomic E-state index is 8.44. The molecule has 0 unspecified atom stereocenters. The van der Waals surface area contributed by atoms with Crippen molar-refractivity contribution in [3.8, 4) is 39.5 Å². The number of furan rings is 1. The molecule has 0 spiro atoms. The van der Waals surface area contributed by atoms with E-state index in [-0.39, 0.29) is 31.9 Å². The van der Waals surface area contributed by atoms with Crippen molar-refractivity contribution in [1.82, 2.24) is 19.5 Å². The number of aromatic nitrogens is 4. The molecule has 0 bridgehead atoms. The van der Waals surface area contributed by atoms with Crippen LogP contribution in [0.1, 0.15) is 77.3 Å². The fraction of sp³-hybridized carbons (Fsp3) is 0.211. The average Bonchev–Trinajstić information content (AvgIpc) is 3.86. The molecular weight excluding hydrogens is 977 g/mol. The quantitative estimate of drug-likeness (QED) is 0.112. The van der Waals surface area contributed by atoms with Crippen molar-refractivity contribution in [2.24, 2.45) is 0 Å². The smallest absolute Gasteiger partial charge is 0.156 e. The number of hydrogen-bond acceptors (Lipinski definition) is 4. The Hall–Kier alpha value is -5.98. The average molecular weight is 1030 g/mol. The van der Waals surface area contributed by atoms with Gasteiger partial charge in [0.15, 0.2) is 5.65 Å². The van der Waals surface area contributed by atoms with Crippen LogP contribution in [-0.2, 0) is 20.1 Å². The maximum Gasteiger partial charge on any atom is 0.156 e. The van der Waals surface area contributed by atoms with Crippen LogP contribution in [0.3, 0.4) is 0 Å². The molecule has 0 aliphatic heterocycles. The van der Waals surface area contributed by atoms with Crippen LogP contribution in [0.4, 0.5) is 0 Å². The summed E-state index contributed by atoms with van der Waals surface area (Å²) in [7, 11) is -1.50. The molecule has 4 heterocycles. The molecule has 0 saturated heterocycles. The zero-order valence-corrected chi connectivity index (χ0v) is 41.4. The molecule has 10 aromatic rings. The summed E-state index contributed by atoms with van der Waals surface area (Å²) in [4.78, 5) is 15.2. The minimum atomic E-state index is -1.50. The Morgan fingerprint density at radius 3 is 2.02 bits per heavy atom. The SMILES string of the molecule is CC(C)c1cc(-c2ccccc2)cc(C(C)C)c1-n1c(-c2[c-]ccc3c2oc2ccccc23)nc2cc3ccccc3nc21.[2H]C(C)(C)c1cc(-c2[c-]cccc2)ncc1[Si](C)(C)C.[Ir]. The monoisotopic (exact) mass is 1030 g/mol. The molecule has 4 aromatic heterocycles. The Balaban J connectivity index is 0.000000232. The van der Waals surface area contributed by atoms with Crippen LogP contribution in [0.25, 0.3) is 83.5 Å². The van der Waals surface area contributed by atoms with Gasteiger partial charge < -0.3 is 14.0 Å². The number of imidazole rings is 1. The number of para-hydroxylation sites is 2. The summed E-state index contributed by atoms with van der Waals surface area (Å²) in [5, 5.41) is 4.48. The zero-order valence-electron chi connectivity index (χ0n) is 39.0. The molecule has 5 nitrogen and oxygen atoms in total. The molecule has 0 saturated carbocycles. The van der Waals surface area contributed by atoms with Gasteiger partial charge in [-0.2, -0.15) is 0 Å². The Kier molecular flexibility index (Phi) is 12.3. The van der Waals surface area contributed by atoms with Crippen LogP contribution in [0, 0.1) is 12.1 Å². The van der Waals surface area contributed by atoms with Crippen molar-refractivity contribution < 1.29 is 25.9 Å². The number of pyridine rings is 2. The van der Waals surface area contributed by atoms with Crippen molar-refractivity contribution in [1.29, 1.82) is 0 Å². The van der Waals surface area contributed by atoms with E-state index in [4.69, 9.17) is 15.8 Å². The summed E-state index contributed by atoms with van der Waals surface area (Å²) in [6.45, 7) is 19.9. The van der Waals surface area contributed by atoms with Crippen molar-refractivity contribution in [2.75, 3.05) is 0 Å². The predicted octanol–water partition coefficient (Wildman–Crippen LogP) is 15.1. The third-order valence-corrected chi connectivity index (χ3v) is 13.9. The summed E-state index contributed by atoms with van der Waals surface area (Å²) >= 11 is 0. The van der Waals surface area contributed by atoms with E-state index < -0.39 is 14.0 Å². The van der Waals surface area contributed by atoms with Crippen molar-refractivity contribution in [3.63, 3.8) is 0 Å². The summed E-state index contributed by atoms with van der Waals surface area (Å²) < 4.78 is 17.2. The van der Waals surface area contributed by atoms with E-state index in [1.165, 1.54) is 27.4 Å². The van der Waals surface area contributed by atoms with E-state index in [1.807, 2.05) is 74.6 Å². The topological polar surface area (TPSA) is 56.7 Å². The molecular formula is C57H54IrN4OSi-2. The number of hydrogen-bond donors (Lipinski definition) is 0. The van der Waals surface area contributed by atoms with Crippen molar-refractivity contribution in [2.45, 2.75) is 78.9 Å². The van der Waals surface area contributed by atoms with Gasteiger partial charge in [-0.05, 0) is 81.2 Å². The van der Waals surface area contributed by atoms with Gasteiger partial charge in [-0.15, -0.1) is 54.1 Å². The Morgan fingerprint density at radius 2 is 1.33 bits per heavy atom. The first-order valence-electron chi connectivity index (χ1n) is 22.5. The number of fused-ring (bicyclic) bond motifs is 5. The maximum atomic E-state index is 8.44. The van der Waals surface area contributed by atoms with Crippen LogP contribution < -0.4 is 5.19 Å². The van der Waals surface area contributed by atoms with E-state index in [1.54, 1.807) is 0 Å². The molecule has 0 N–H and O–H groups in total. The van der Waals surface area contributed by atoms with E-state index in [0.29, 0.717) is 0 Å². The molecule has 6 aromatic carbocycles. The first-order chi connectivity index (χ1) is 30.7. The number of nitrogens with zero attached hydrogens (tertiary/aromatic N) is 4. The second-order valence-corrected chi connectivity index (χ2v) is 23.3. The summed E-state index contributed by atoms with van der Waals surface area (Å²) in [6, 6.07) is 54.7. The molecule has 0 atom stereocenters. The fourth-order valence-corrected chi connectivity index (χ4v) is 10.2. The minimum absolute atomic E-state index is 0. The van der Waals surface area contributed by atoms with E-state index in [0.717, 1.165) is 77.9 Å². The third-order valence-electron chi connectivity index (χ3n) is 11.9. The third kappa shape index (κ3) is 8.53. The van der Waals surface area contributed by atoms with Gasteiger partial charge in [-0.1, -0.05) is 150 Å². The van der Waals surface area contributed by atoms with Crippen LogP contribution in [0.5, 0.6) is 0 Å². The van der Waals surface area contributed by atoms with E-state index in [9.17, 15) is 0 Å². The van der Waals surface area contributed by atoms with Gasteiger partial charge in [-0.25, -0.2) is 4.98 Å². The number of benzene rings is 6. The van der Waals surface area contributed by atoms with Crippen LogP contribution in [0.15, 0.2) is 150 Å². The van der Waals surface area contributed by atoms with Gasteiger partial charge in [-0.3, -0.25) is 4.98 Å². The second kappa shape index (κ2) is 18.2. The minimum Gasteiger partial charge on any atom is -0.501 e. The predicted molar refractivity (Wildman–Crippen MR) is 267 cm³/mol. The van der Waals surface area contributed by atoms with Gasteiger partial charge in [0.05, 0.1) is 30.5 Å². The van der Waals surface area contributed by atoms with Gasteiger partial charge in [0.1, 0.15) is 5.58 Å². The molecule has 0 fully saturated rings. The Labute approximate surface area is 393 Å². The van der Waals surface area contributed by atoms with Crippen molar-refractivity contribution in [3.05, 3.63) is 175 Å². The standard InChI is InChI=1S/C40H32N3O.C17H22NSi.Ir/c1-24(2)32-21-28(26-13-6-5-7-14-26)22-33(25(3)4)37(32)43-39(42-35-23-27-15-8-10-19-34(27)41-40(35)43)31-18-12-17-30-29-16-9-11-20-36(29)44-38(30)31;1-13(2)15-11-16(14-9-7-6-8-10-14)18-12-17(15)19(3,4)5;/h5-17,19-25H,1-4H3;6-9,11-13H,1-5H3;/q2*-1;/i;13D;. The summed E-state index contributed by atoms with van der Waals surface area (Å²) in [5.41, 5.74) is 14.1. The Morgan fingerprint density at radius 1 is 0.641 bits per heavy atom. The van der Waals surface area contributed by atoms with Gasteiger partial charge in [0.2, 0.25) is 0 Å². The van der Waals surface area contributed by atoms with Crippen LogP contribution in [0.2, 0.25) is 19.6 Å². The molecule has 0 aliphatic carbocycles.